The molecule has 0 aliphatic carbocycles. The molecule has 0 radical (unpaired) electrons. The van der Waals surface area contributed by atoms with Gasteiger partial charge in [0.25, 0.3) is 0 Å². The number of hydrogen-bond acceptors (Lipinski definition) is 4. The fraction of sp³-hybridized carbons (Fsp3) is 0.263. The third kappa shape index (κ3) is 3.56. The van der Waals surface area contributed by atoms with Gasteiger partial charge in [-0.1, -0.05) is 18.2 Å². The molecule has 1 N–H and O–H groups in total. The van der Waals surface area contributed by atoms with Crippen LogP contribution in [0, 0.1) is 0 Å². The van der Waals surface area contributed by atoms with Crippen molar-refractivity contribution in [3.05, 3.63) is 60.1 Å². The van der Waals surface area contributed by atoms with Crippen LogP contribution in [0.2, 0.25) is 0 Å². The number of fused-ring (bicyclic) bond motifs is 1. The van der Waals surface area contributed by atoms with Gasteiger partial charge in [-0.3, -0.25) is 9.78 Å². The minimum absolute atomic E-state index is 0.0150. The van der Waals surface area contributed by atoms with Crippen LogP contribution in [0.15, 0.2) is 53.2 Å². The largest absolute Gasteiger partial charge is 0.493 e. The molecular formula is C19H20N2O3. The van der Waals surface area contributed by atoms with E-state index in [1.807, 2.05) is 43.3 Å². The Morgan fingerprint density at radius 1 is 1.33 bits per heavy atom. The first-order chi connectivity index (χ1) is 11.7. The third-order valence-corrected chi connectivity index (χ3v) is 3.91. The second-order valence-electron chi connectivity index (χ2n) is 5.68. The van der Waals surface area contributed by atoms with E-state index in [0.29, 0.717) is 29.9 Å². The SMILES string of the molecule is COc1cccc2cc(C(C)NC(=O)CCc3cccnc3)oc12. The highest BCUT2D eigenvalue weighted by molar-refractivity contribution is 5.84. The predicted octanol–water partition coefficient (Wildman–Crippen LogP) is 3.65. The topological polar surface area (TPSA) is 64.4 Å². The standard InChI is InChI=1S/C19H20N2O3/c1-13(21-18(22)9-8-14-5-4-10-20-12-14)17-11-15-6-3-7-16(23-2)19(15)24-17/h3-7,10-13H,8-9H2,1-2H3,(H,21,22). The number of ether oxygens (including phenoxy) is 1. The van der Waals surface area contributed by atoms with Gasteiger partial charge < -0.3 is 14.5 Å². The first kappa shape index (κ1) is 16.1. The van der Waals surface area contributed by atoms with E-state index in [0.717, 1.165) is 10.9 Å². The molecule has 5 heteroatoms. The van der Waals surface area contributed by atoms with Gasteiger partial charge in [0.15, 0.2) is 11.3 Å². The number of amides is 1. The number of carbonyl (C=O) groups is 1. The molecule has 0 spiro atoms. The number of para-hydroxylation sites is 1. The normalized spacial score (nSPS) is 12.1. The van der Waals surface area contributed by atoms with Crippen LogP contribution < -0.4 is 10.1 Å². The molecule has 3 aromatic rings. The quantitative estimate of drug-likeness (QED) is 0.752. The van der Waals surface area contributed by atoms with E-state index in [2.05, 4.69) is 10.3 Å². The van der Waals surface area contributed by atoms with E-state index < -0.39 is 0 Å². The zero-order valence-corrected chi connectivity index (χ0v) is 13.8. The van der Waals surface area contributed by atoms with Gasteiger partial charge in [0.1, 0.15) is 5.76 Å². The Morgan fingerprint density at radius 3 is 2.96 bits per heavy atom. The molecule has 0 saturated heterocycles. The number of aromatic nitrogens is 1. The monoisotopic (exact) mass is 324 g/mol. The highest BCUT2D eigenvalue weighted by Crippen LogP contribution is 2.30. The summed E-state index contributed by atoms with van der Waals surface area (Å²) in [6, 6.07) is 11.3. The maximum atomic E-state index is 12.1. The van der Waals surface area contributed by atoms with Crippen molar-refractivity contribution in [3.63, 3.8) is 0 Å². The molecule has 0 aliphatic heterocycles. The Kier molecular flexibility index (Phi) is 4.79. The fourth-order valence-corrected chi connectivity index (χ4v) is 2.62. The van der Waals surface area contributed by atoms with Gasteiger partial charge in [0, 0.05) is 24.2 Å². The predicted molar refractivity (Wildman–Crippen MR) is 91.9 cm³/mol. The average molecular weight is 324 g/mol. The number of nitrogens with one attached hydrogen (secondary N) is 1. The summed E-state index contributed by atoms with van der Waals surface area (Å²) in [5.74, 6) is 1.39. The zero-order chi connectivity index (χ0) is 16.9. The second-order valence-corrected chi connectivity index (χ2v) is 5.68. The lowest BCUT2D eigenvalue weighted by Gasteiger charge is -2.11. The summed E-state index contributed by atoms with van der Waals surface area (Å²) in [5.41, 5.74) is 1.75. The third-order valence-electron chi connectivity index (χ3n) is 3.91. The molecule has 124 valence electrons. The summed E-state index contributed by atoms with van der Waals surface area (Å²) in [4.78, 5) is 16.2. The van der Waals surface area contributed by atoms with Crippen LogP contribution in [0.3, 0.4) is 0 Å². The molecule has 0 fully saturated rings. The van der Waals surface area contributed by atoms with Gasteiger partial charge in [-0.25, -0.2) is 0 Å². The van der Waals surface area contributed by atoms with Crippen LogP contribution in [-0.2, 0) is 11.2 Å². The minimum atomic E-state index is -0.205. The number of nitrogens with zero attached hydrogens (tertiary/aromatic N) is 1. The Morgan fingerprint density at radius 2 is 2.21 bits per heavy atom. The summed E-state index contributed by atoms with van der Waals surface area (Å²) in [5, 5.41) is 3.93. The highest BCUT2D eigenvalue weighted by atomic mass is 16.5. The molecule has 24 heavy (non-hydrogen) atoms. The lowest BCUT2D eigenvalue weighted by molar-refractivity contribution is -0.121. The lowest BCUT2D eigenvalue weighted by atomic mass is 10.1. The van der Waals surface area contributed by atoms with Crippen molar-refractivity contribution in [2.45, 2.75) is 25.8 Å². The van der Waals surface area contributed by atoms with Crippen molar-refractivity contribution in [3.8, 4) is 5.75 Å². The number of pyridine rings is 1. The average Bonchev–Trinajstić information content (AvgIpc) is 3.05. The fourth-order valence-electron chi connectivity index (χ4n) is 2.62. The van der Waals surface area contributed by atoms with Gasteiger partial charge in [0.05, 0.1) is 13.2 Å². The Labute approximate surface area is 140 Å². The van der Waals surface area contributed by atoms with E-state index in [-0.39, 0.29) is 11.9 Å². The van der Waals surface area contributed by atoms with Crippen LogP contribution in [0.5, 0.6) is 5.75 Å². The molecule has 0 saturated carbocycles. The highest BCUT2D eigenvalue weighted by Gasteiger charge is 2.16. The Hall–Kier alpha value is -2.82. The van der Waals surface area contributed by atoms with Gasteiger partial charge in [-0.05, 0) is 37.1 Å². The van der Waals surface area contributed by atoms with Crippen molar-refractivity contribution in [1.29, 1.82) is 0 Å². The summed E-state index contributed by atoms with van der Waals surface area (Å²) in [6.07, 6.45) is 4.59. The summed E-state index contributed by atoms with van der Waals surface area (Å²) >= 11 is 0. The van der Waals surface area contributed by atoms with E-state index in [9.17, 15) is 4.79 Å². The number of hydrogen-bond donors (Lipinski definition) is 1. The van der Waals surface area contributed by atoms with Gasteiger partial charge in [0.2, 0.25) is 5.91 Å². The molecule has 0 bridgehead atoms. The molecule has 1 atom stereocenters. The number of carbonyl (C=O) groups excluding carboxylic acids is 1. The van der Waals surface area contributed by atoms with E-state index in [1.54, 1.807) is 19.5 Å². The van der Waals surface area contributed by atoms with Gasteiger partial charge >= 0.3 is 0 Å². The second kappa shape index (κ2) is 7.17. The van der Waals surface area contributed by atoms with E-state index in [4.69, 9.17) is 9.15 Å². The zero-order valence-electron chi connectivity index (χ0n) is 13.8. The molecule has 2 aromatic heterocycles. The minimum Gasteiger partial charge on any atom is -0.493 e. The maximum Gasteiger partial charge on any atom is 0.220 e. The summed E-state index contributed by atoms with van der Waals surface area (Å²) in [6.45, 7) is 1.91. The van der Waals surface area contributed by atoms with Crippen molar-refractivity contribution < 1.29 is 13.9 Å². The van der Waals surface area contributed by atoms with Gasteiger partial charge in [-0.2, -0.15) is 0 Å². The molecule has 0 aliphatic rings. The van der Waals surface area contributed by atoms with Crippen LogP contribution in [0.25, 0.3) is 11.0 Å². The molecule has 1 unspecified atom stereocenters. The lowest BCUT2D eigenvalue weighted by Crippen LogP contribution is -2.26. The number of rotatable bonds is 6. The number of benzene rings is 1. The molecule has 3 rings (SSSR count). The summed E-state index contributed by atoms with van der Waals surface area (Å²) < 4.78 is 11.2. The first-order valence-corrected chi connectivity index (χ1v) is 7.92. The summed E-state index contributed by atoms with van der Waals surface area (Å²) in [7, 11) is 1.61. The first-order valence-electron chi connectivity index (χ1n) is 7.92. The van der Waals surface area contributed by atoms with Crippen molar-refractivity contribution in [2.24, 2.45) is 0 Å². The number of aryl methyl sites for hydroxylation is 1. The molecule has 1 amide bonds. The van der Waals surface area contributed by atoms with Crippen LogP contribution in [0.4, 0.5) is 0 Å². The maximum absolute atomic E-state index is 12.1. The van der Waals surface area contributed by atoms with Crippen molar-refractivity contribution >= 4 is 16.9 Å². The number of furan rings is 1. The number of methoxy groups -OCH3 is 1. The molecular weight excluding hydrogens is 304 g/mol. The smallest absolute Gasteiger partial charge is 0.220 e. The van der Waals surface area contributed by atoms with Crippen LogP contribution in [-0.4, -0.2) is 18.0 Å². The Bertz CT molecular complexity index is 827. The van der Waals surface area contributed by atoms with Crippen molar-refractivity contribution in [1.82, 2.24) is 10.3 Å². The molecule has 2 heterocycles. The van der Waals surface area contributed by atoms with E-state index in [1.165, 1.54) is 0 Å². The molecule has 5 nitrogen and oxygen atoms in total. The van der Waals surface area contributed by atoms with Crippen LogP contribution >= 0.6 is 0 Å². The van der Waals surface area contributed by atoms with Gasteiger partial charge in [-0.15, -0.1) is 0 Å². The van der Waals surface area contributed by atoms with Crippen molar-refractivity contribution in [2.75, 3.05) is 7.11 Å². The van der Waals surface area contributed by atoms with E-state index >= 15 is 0 Å². The van der Waals surface area contributed by atoms with Crippen LogP contribution in [0.1, 0.15) is 30.7 Å². The molecule has 1 aromatic carbocycles. The Balaban J connectivity index is 1.64.